The molecule has 5 heteroatoms. The predicted molar refractivity (Wildman–Crippen MR) is 74.5 cm³/mol. The molecule has 0 bridgehead atoms. The predicted octanol–water partition coefficient (Wildman–Crippen LogP) is 1.65. The zero-order valence-corrected chi connectivity index (χ0v) is 11.6. The van der Waals surface area contributed by atoms with Gasteiger partial charge in [-0.15, -0.1) is 0 Å². The molecule has 0 fully saturated rings. The normalized spacial score (nSPS) is 16.6. The van der Waals surface area contributed by atoms with Gasteiger partial charge in [0.15, 0.2) is 6.10 Å². The highest BCUT2D eigenvalue weighted by Crippen LogP contribution is 2.28. The number of nitrogens with zero attached hydrogens (tertiary/aromatic N) is 1. The lowest BCUT2D eigenvalue weighted by Gasteiger charge is -2.10. The van der Waals surface area contributed by atoms with E-state index in [9.17, 15) is 4.79 Å². The van der Waals surface area contributed by atoms with Crippen LogP contribution in [-0.2, 0) is 17.8 Å². The molecule has 104 valence electrons. The summed E-state index contributed by atoms with van der Waals surface area (Å²) in [6, 6.07) is 7.75. The lowest BCUT2D eigenvalue weighted by atomic mass is 10.1. The third-order valence-electron chi connectivity index (χ3n) is 3.72. The minimum absolute atomic E-state index is 0.0961. The Hall–Kier alpha value is -2.30. The number of benzene rings is 1. The van der Waals surface area contributed by atoms with Crippen molar-refractivity contribution in [1.82, 2.24) is 15.5 Å². The highest BCUT2D eigenvalue weighted by molar-refractivity contribution is 5.82. The summed E-state index contributed by atoms with van der Waals surface area (Å²) < 4.78 is 5.65. The smallest absolute Gasteiger partial charge is 0.261 e. The van der Waals surface area contributed by atoms with Gasteiger partial charge in [-0.1, -0.05) is 18.2 Å². The Morgan fingerprint density at radius 2 is 2.25 bits per heavy atom. The van der Waals surface area contributed by atoms with Gasteiger partial charge in [0.2, 0.25) is 0 Å². The number of fused-ring (bicyclic) bond motifs is 1. The quantitative estimate of drug-likeness (QED) is 0.892. The van der Waals surface area contributed by atoms with Gasteiger partial charge in [0.25, 0.3) is 5.91 Å². The average Bonchev–Trinajstić information content (AvgIpc) is 3.02. The molecule has 0 radical (unpaired) electrons. The molecule has 1 aromatic heterocycles. The fourth-order valence-electron chi connectivity index (χ4n) is 2.32. The van der Waals surface area contributed by atoms with Crippen molar-refractivity contribution in [1.29, 1.82) is 0 Å². The first-order valence-corrected chi connectivity index (χ1v) is 6.68. The Labute approximate surface area is 117 Å². The van der Waals surface area contributed by atoms with Gasteiger partial charge >= 0.3 is 0 Å². The number of nitrogens with one attached hydrogen (secondary N) is 2. The van der Waals surface area contributed by atoms with Gasteiger partial charge in [-0.2, -0.15) is 5.10 Å². The number of aromatic nitrogens is 2. The van der Waals surface area contributed by atoms with Crippen molar-refractivity contribution in [3.63, 3.8) is 0 Å². The van der Waals surface area contributed by atoms with Gasteiger partial charge in [0.1, 0.15) is 5.75 Å². The van der Waals surface area contributed by atoms with E-state index in [1.165, 1.54) is 0 Å². The van der Waals surface area contributed by atoms with Crippen molar-refractivity contribution in [3.8, 4) is 5.75 Å². The molecular formula is C15H17N3O2. The lowest BCUT2D eigenvalue weighted by Crippen LogP contribution is -2.37. The molecule has 1 aliphatic heterocycles. The number of aromatic amines is 1. The summed E-state index contributed by atoms with van der Waals surface area (Å²) in [6.07, 6.45) is 0.188. The number of carbonyl (C=O) groups excluding carboxylic acids is 1. The van der Waals surface area contributed by atoms with E-state index >= 15 is 0 Å². The van der Waals surface area contributed by atoms with Crippen LogP contribution in [0.15, 0.2) is 24.3 Å². The fraction of sp³-hybridized carbons (Fsp3) is 0.333. The van der Waals surface area contributed by atoms with Crippen LogP contribution in [0, 0.1) is 13.8 Å². The number of rotatable bonds is 3. The molecule has 0 aliphatic carbocycles. The number of H-pyrrole nitrogens is 1. The molecule has 3 rings (SSSR count). The molecule has 5 nitrogen and oxygen atoms in total. The molecule has 2 heterocycles. The number of amides is 1. The number of aryl methyl sites for hydroxylation is 1. The highest BCUT2D eigenvalue weighted by Gasteiger charge is 2.28. The lowest BCUT2D eigenvalue weighted by molar-refractivity contribution is -0.127. The van der Waals surface area contributed by atoms with E-state index in [0.29, 0.717) is 13.0 Å². The van der Waals surface area contributed by atoms with Crippen molar-refractivity contribution in [2.45, 2.75) is 32.9 Å². The van der Waals surface area contributed by atoms with E-state index in [-0.39, 0.29) is 5.91 Å². The van der Waals surface area contributed by atoms with Crippen molar-refractivity contribution in [2.24, 2.45) is 0 Å². The number of para-hydroxylation sites is 1. The largest absolute Gasteiger partial charge is 0.480 e. The Morgan fingerprint density at radius 1 is 1.45 bits per heavy atom. The SMILES string of the molecule is Cc1[nH]nc(CNC(=O)C2Cc3ccccc3O2)c1C. The van der Waals surface area contributed by atoms with Crippen LogP contribution in [0.2, 0.25) is 0 Å². The monoisotopic (exact) mass is 271 g/mol. The Balaban J connectivity index is 1.60. The van der Waals surface area contributed by atoms with E-state index in [1.54, 1.807) is 0 Å². The second kappa shape index (κ2) is 5.00. The van der Waals surface area contributed by atoms with Crippen molar-refractivity contribution < 1.29 is 9.53 Å². The van der Waals surface area contributed by atoms with Crippen LogP contribution in [0.5, 0.6) is 5.75 Å². The van der Waals surface area contributed by atoms with Crippen LogP contribution in [0.3, 0.4) is 0 Å². The molecule has 0 saturated carbocycles. The number of ether oxygens (including phenoxy) is 1. The van der Waals surface area contributed by atoms with Crippen LogP contribution in [-0.4, -0.2) is 22.2 Å². The maximum atomic E-state index is 12.1. The van der Waals surface area contributed by atoms with E-state index in [4.69, 9.17) is 4.74 Å². The van der Waals surface area contributed by atoms with Crippen LogP contribution < -0.4 is 10.1 Å². The summed E-state index contributed by atoms with van der Waals surface area (Å²) in [5.74, 6) is 0.709. The van der Waals surface area contributed by atoms with Crippen LogP contribution in [0.1, 0.15) is 22.5 Å². The molecule has 20 heavy (non-hydrogen) atoms. The van der Waals surface area contributed by atoms with Gasteiger partial charge in [0.05, 0.1) is 12.2 Å². The maximum Gasteiger partial charge on any atom is 0.261 e. The third-order valence-corrected chi connectivity index (χ3v) is 3.72. The van der Waals surface area contributed by atoms with Crippen molar-refractivity contribution in [2.75, 3.05) is 0 Å². The first kappa shape index (κ1) is 12.7. The Bertz CT molecular complexity index is 623. The molecule has 0 spiro atoms. The number of hydrogen-bond acceptors (Lipinski definition) is 3. The van der Waals surface area contributed by atoms with Crippen molar-refractivity contribution in [3.05, 3.63) is 46.8 Å². The Morgan fingerprint density at radius 3 is 2.95 bits per heavy atom. The third kappa shape index (κ3) is 2.27. The van der Waals surface area contributed by atoms with Crippen molar-refractivity contribution >= 4 is 5.91 Å². The summed E-state index contributed by atoms with van der Waals surface area (Å²) in [5, 5.41) is 9.97. The minimum atomic E-state index is -0.437. The summed E-state index contributed by atoms with van der Waals surface area (Å²) in [4.78, 5) is 12.1. The first-order chi connectivity index (χ1) is 9.65. The molecule has 1 atom stereocenters. The maximum absolute atomic E-state index is 12.1. The molecule has 2 aromatic rings. The zero-order valence-electron chi connectivity index (χ0n) is 11.6. The summed E-state index contributed by atoms with van der Waals surface area (Å²) >= 11 is 0. The molecule has 1 aliphatic rings. The van der Waals surface area contributed by atoms with Gasteiger partial charge in [-0.3, -0.25) is 9.89 Å². The second-order valence-corrected chi connectivity index (χ2v) is 5.06. The topological polar surface area (TPSA) is 67.0 Å². The summed E-state index contributed by atoms with van der Waals surface area (Å²) in [5.41, 5.74) is 4.06. The van der Waals surface area contributed by atoms with Gasteiger partial charge < -0.3 is 10.1 Å². The van der Waals surface area contributed by atoms with Gasteiger partial charge in [-0.25, -0.2) is 0 Å². The highest BCUT2D eigenvalue weighted by atomic mass is 16.5. The molecule has 0 saturated heterocycles. The van der Waals surface area contributed by atoms with Crippen LogP contribution in [0.25, 0.3) is 0 Å². The van der Waals surface area contributed by atoms with Gasteiger partial charge in [-0.05, 0) is 31.0 Å². The molecule has 2 N–H and O–H groups in total. The fourth-order valence-corrected chi connectivity index (χ4v) is 2.32. The van der Waals surface area contributed by atoms with Gasteiger partial charge in [0, 0.05) is 12.1 Å². The minimum Gasteiger partial charge on any atom is -0.480 e. The average molecular weight is 271 g/mol. The molecule has 1 aromatic carbocycles. The van der Waals surface area contributed by atoms with E-state index in [1.807, 2.05) is 38.1 Å². The Kier molecular flexibility index (Phi) is 3.18. The molecule has 1 amide bonds. The standard InChI is InChI=1S/C15H17N3O2/c1-9-10(2)17-18-12(9)8-16-15(19)14-7-11-5-3-4-6-13(11)20-14/h3-6,14H,7-8H2,1-2H3,(H,16,19)(H,17,18). The first-order valence-electron chi connectivity index (χ1n) is 6.68. The van der Waals surface area contributed by atoms with Crippen LogP contribution in [0.4, 0.5) is 0 Å². The summed E-state index contributed by atoms with van der Waals surface area (Å²) in [6.45, 7) is 4.37. The van der Waals surface area contributed by atoms with E-state index < -0.39 is 6.10 Å². The van der Waals surface area contributed by atoms with E-state index in [0.717, 1.165) is 28.3 Å². The summed E-state index contributed by atoms with van der Waals surface area (Å²) in [7, 11) is 0. The molecule has 1 unspecified atom stereocenters. The van der Waals surface area contributed by atoms with E-state index in [2.05, 4.69) is 15.5 Å². The zero-order chi connectivity index (χ0) is 14.1. The second-order valence-electron chi connectivity index (χ2n) is 5.06. The number of carbonyl (C=O) groups is 1. The number of hydrogen-bond donors (Lipinski definition) is 2. The van der Waals surface area contributed by atoms with Crippen LogP contribution >= 0.6 is 0 Å². The molecular weight excluding hydrogens is 254 g/mol.